The monoisotopic (exact) mass is 1040 g/mol. The molecule has 0 N–H and O–H groups in total. The van der Waals surface area contributed by atoms with Crippen LogP contribution >= 0.6 is 0 Å². The molecular weight excluding hydrogens is 992 g/mol. The number of hydrogen-bond acceptors (Lipinski definition) is 13. The van der Waals surface area contributed by atoms with E-state index in [0.717, 1.165) is 13.0 Å². The summed E-state index contributed by atoms with van der Waals surface area (Å²) in [5.74, 6) is -1.80. The standard InChI is InChI=1S/C51H53F9N8O6/c1-26-38(50(55,56)57)34(17-36(61-26)65(20-27-7-12-32(70-5)13-8-27)21-28-9-14-33(71-6)15-10-28)40-39(54)41-37-44(64-46(63-41)72-25-49-18-29(52)22-66(49)23-30(53)19-49)67-24-31-11-16-35(68(31)47(69)74-48(2,3)4)42(67)43(51(58,59)60)73-45(37)62-40/h7-10,12-15,17,29-31,35,42-43H,11,16,18-25H2,1-6H3/t29-,30+,31-,35+,42+,43-,49?/m1/s1. The summed E-state index contributed by atoms with van der Waals surface area (Å²) in [4.78, 5) is 37.1. The number of halogens is 9. The number of benzene rings is 2. The molecule has 7 atom stereocenters. The number of aromatic nitrogens is 4. The van der Waals surface area contributed by atoms with Gasteiger partial charge in [-0.1, -0.05) is 24.3 Å². The number of methoxy groups -OCH3 is 2. The molecule has 2 aromatic carbocycles. The minimum Gasteiger partial charge on any atom is -0.497 e. The van der Waals surface area contributed by atoms with Crippen LogP contribution in [0.4, 0.5) is 55.9 Å². The van der Waals surface area contributed by atoms with Gasteiger partial charge in [-0.15, -0.1) is 0 Å². The summed E-state index contributed by atoms with van der Waals surface area (Å²) < 4.78 is 170. The van der Waals surface area contributed by atoms with Gasteiger partial charge in [-0.2, -0.15) is 36.3 Å². The molecule has 4 fully saturated rings. The van der Waals surface area contributed by atoms with E-state index in [1.807, 2.05) is 0 Å². The van der Waals surface area contributed by atoms with Crippen molar-refractivity contribution in [1.82, 2.24) is 29.7 Å². The van der Waals surface area contributed by atoms with Gasteiger partial charge in [0, 0.05) is 51.1 Å². The number of carbonyl (C=O) groups excluding carboxylic acids is 1. The van der Waals surface area contributed by atoms with Crippen molar-refractivity contribution in [1.29, 1.82) is 0 Å². The molecule has 5 aliphatic rings. The number of carbonyl (C=O) groups is 1. The fraction of sp³-hybridized carbons (Fsp3) is 0.510. The highest BCUT2D eigenvalue weighted by atomic mass is 19.4. The number of piperazine rings is 1. The molecule has 23 heteroatoms. The van der Waals surface area contributed by atoms with Crippen molar-refractivity contribution < 1.29 is 68.0 Å². The zero-order valence-corrected chi connectivity index (χ0v) is 41.2. The third-order valence-corrected chi connectivity index (χ3v) is 14.5. The van der Waals surface area contributed by atoms with Crippen molar-refractivity contribution in [3.63, 3.8) is 0 Å². The summed E-state index contributed by atoms with van der Waals surface area (Å²) in [7, 11) is 2.98. The Morgan fingerprint density at radius 3 is 2.00 bits per heavy atom. The Kier molecular flexibility index (Phi) is 12.9. The van der Waals surface area contributed by atoms with Gasteiger partial charge in [0.1, 0.15) is 64.3 Å². The van der Waals surface area contributed by atoms with Crippen LogP contribution in [-0.4, -0.2) is 130 Å². The molecule has 5 aromatic rings. The summed E-state index contributed by atoms with van der Waals surface area (Å²) in [5.41, 5.74) is -5.69. The molecule has 10 rings (SSSR count). The van der Waals surface area contributed by atoms with E-state index in [4.69, 9.17) is 23.7 Å². The highest BCUT2D eigenvalue weighted by Gasteiger charge is 2.61. The fourth-order valence-electron chi connectivity index (χ4n) is 11.4. The largest absolute Gasteiger partial charge is 0.497 e. The van der Waals surface area contributed by atoms with E-state index in [9.17, 15) is 13.6 Å². The molecule has 0 radical (unpaired) electrons. The average molecular weight is 1050 g/mol. The van der Waals surface area contributed by atoms with E-state index in [1.165, 1.54) is 24.0 Å². The maximum absolute atomic E-state index is 18.1. The first kappa shape index (κ1) is 51.0. The normalized spacial score (nSPS) is 24.6. The van der Waals surface area contributed by atoms with Crippen molar-refractivity contribution in [2.24, 2.45) is 0 Å². The summed E-state index contributed by atoms with van der Waals surface area (Å²) in [6.45, 7) is 5.10. The maximum Gasteiger partial charge on any atom is 0.427 e. The number of ether oxygens (including phenoxy) is 5. The number of pyridine rings is 2. The van der Waals surface area contributed by atoms with Gasteiger partial charge >= 0.3 is 24.5 Å². The number of amides is 1. The zero-order chi connectivity index (χ0) is 52.8. The van der Waals surface area contributed by atoms with Gasteiger partial charge in [0.15, 0.2) is 5.82 Å². The highest BCUT2D eigenvalue weighted by Crippen LogP contribution is 2.51. The van der Waals surface area contributed by atoms with Gasteiger partial charge < -0.3 is 33.5 Å². The van der Waals surface area contributed by atoms with Crippen molar-refractivity contribution in [3.05, 3.63) is 82.8 Å². The quantitative estimate of drug-likeness (QED) is 0.117. The van der Waals surface area contributed by atoms with Crippen molar-refractivity contribution >= 4 is 28.6 Å². The minimum atomic E-state index is -5.24. The highest BCUT2D eigenvalue weighted by molar-refractivity contribution is 5.98. The van der Waals surface area contributed by atoms with Crippen molar-refractivity contribution in [2.75, 3.05) is 50.3 Å². The molecular formula is C51H53F9N8O6. The molecule has 1 amide bonds. The first-order valence-corrected chi connectivity index (χ1v) is 24.1. The Balaban J connectivity index is 1.17. The maximum atomic E-state index is 18.1. The molecule has 5 aliphatic heterocycles. The second kappa shape index (κ2) is 18.7. The Morgan fingerprint density at radius 1 is 0.838 bits per heavy atom. The molecule has 4 saturated heterocycles. The van der Waals surface area contributed by atoms with Crippen LogP contribution in [-0.2, 0) is 24.0 Å². The lowest BCUT2D eigenvalue weighted by atomic mass is 9.94. The predicted octanol–water partition coefficient (Wildman–Crippen LogP) is 9.96. The van der Waals surface area contributed by atoms with Gasteiger partial charge in [0.25, 0.3) is 0 Å². The summed E-state index contributed by atoms with van der Waals surface area (Å²) >= 11 is 0. The second-order valence-corrected chi connectivity index (χ2v) is 20.6. The minimum absolute atomic E-state index is 0.0464. The van der Waals surface area contributed by atoms with Crippen molar-refractivity contribution in [2.45, 2.75) is 127 Å². The Morgan fingerprint density at radius 2 is 1.45 bits per heavy atom. The van der Waals surface area contributed by atoms with Gasteiger partial charge in [-0.05, 0) is 82.0 Å². The number of rotatable bonds is 11. The van der Waals surface area contributed by atoms with Crippen LogP contribution < -0.4 is 28.7 Å². The smallest absolute Gasteiger partial charge is 0.427 e. The molecule has 3 aromatic heterocycles. The van der Waals surface area contributed by atoms with Crippen LogP contribution in [0.25, 0.3) is 22.2 Å². The molecule has 1 unspecified atom stereocenters. The number of fused-ring (bicyclic) bond motifs is 6. The van der Waals surface area contributed by atoms with Crippen molar-refractivity contribution in [3.8, 4) is 34.6 Å². The number of nitrogens with zero attached hydrogens (tertiary/aromatic N) is 8. The van der Waals surface area contributed by atoms with E-state index < -0.39 is 124 Å². The lowest BCUT2D eigenvalue weighted by Gasteiger charge is -2.48. The van der Waals surface area contributed by atoms with E-state index in [2.05, 4.69) is 19.9 Å². The molecule has 8 heterocycles. The average Bonchev–Trinajstić information content (AvgIpc) is 3.89. The van der Waals surface area contributed by atoms with Gasteiger partial charge in [-0.25, -0.2) is 27.9 Å². The fourth-order valence-corrected chi connectivity index (χ4v) is 11.4. The first-order valence-electron chi connectivity index (χ1n) is 24.1. The number of hydrogen-bond donors (Lipinski definition) is 0. The third-order valence-electron chi connectivity index (χ3n) is 14.5. The lowest BCUT2D eigenvalue weighted by Crippen LogP contribution is -2.68. The number of aryl methyl sites for hydroxylation is 1. The molecule has 0 saturated carbocycles. The van der Waals surface area contributed by atoms with Gasteiger partial charge in [0.05, 0.1) is 49.1 Å². The van der Waals surface area contributed by atoms with Crippen LogP contribution in [0, 0.1) is 12.7 Å². The van der Waals surface area contributed by atoms with Crippen LogP contribution in [0.2, 0.25) is 0 Å². The molecule has 0 aliphatic carbocycles. The van der Waals surface area contributed by atoms with Gasteiger partial charge in [0.2, 0.25) is 12.0 Å². The van der Waals surface area contributed by atoms with Crippen LogP contribution in [0.5, 0.6) is 23.4 Å². The molecule has 0 spiro atoms. The van der Waals surface area contributed by atoms with E-state index >= 15 is 30.7 Å². The SMILES string of the molecule is COc1ccc(CN(Cc2ccc(OC)cc2)c2cc(-c3nc4c5c(nc(OCC67C[C@H](F)CN6C[C@H](F)C7)nc5c3F)N3C[C@H]5CC[C@@H]([C@H]3[C@H](C(F)(F)F)O4)N5C(=O)OC(C)(C)C)c(C(F)(F)F)c(C)n2)cc1. The topological polar surface area (TPSA) is 128 Å². The summed E-state index contributed by atoms with van der Waals surface area (Å²) in [6.07, 6.45) is -16.8. The van der Waals surface area contributed by atoms with E-state index in [-0.39, 0.29) is 70.0 Å². The number of alkyl halides is 8. The van der Waals surface area contributed by atoms with E-state index in [0.29, 0.717) is 22.6 Å². The van der Waals surface area contributed by atoms with Crippen LogP contribution in [0.15, 0.2) is 54.6 Å². The first-order chi connectivity index (χ1) is 34.9. The molecule has 2 bridgehead atoms. The molecule has 14 nitrogen and oxygen atoms in total. The zero-order valence-electron chi connectivity index (χ0n) is 41.2. The van der Waals surface area contributed by atoms with E-state index in [1.54, 1.807) is 79.1 Å². The Labute approximate surface area is 419 Å². The summed E-state index contributed by atoms with van der Waals surface area (Å²) in [5, 5.41) is -0.505. The van der Waals surface area contributed by atoms with Gasteiger partial charge in [-0.3, -0.25) is 9.80 Å². The molecule has 74 heavy (non-hydrogen) atoms. The lowest BCUT2D eigenvalue weighted by molar-refractivity contribution is -0.206. The number of anilines is 2. The second-order valence-electron chi connectivity index (χ2n) is 20.6. The Hall–Kier alpha value is -6.52. The Bertz CT molecular complexity index is 2880. The summed E-state index contributed by atoms with van der Waals surface area (Å²) in [6, 6.07) is 10.3. The third kappa shape index (κ3) is 9.48. The molecule has 396 valence electrons. The predicted molar refractivity (Wildman–Crippen MR) is 251 cm³/mol. The van der Waals surface area contributed by atoms with Crippen LogP contribution in [0.1, 0.15) is 68.8 Å². The van der Waals surface area contributed by atoms with Crippen LogP contribution in [0.3, 0.4) is 0 Å².